The molecule has 27 nitrogen and oxygen atoms in total. The summed E-state index contributed by atoms with van der Waals surface area (Å²) in [7, 11) is 3.92. The van der Waals surface area contributed by atoms with Crippen LogP contribution in [0.3, 0.4) is 0 Å². The summed E-state index contributed by atoms with van der Waals surface area (Å²) in [5.41, 5.74) is 3.96. The Bertz CT molecular complexity index is 3800. The zero-order chi connectivity index (χ0) is 71.2. The molecule has 1 unspecified atom stereocenters. The quantitative estimate of drug-likeness (QED) is 0.00526. The number of rotatable bonds is 39. The minimum atomic E-state index is -1.45. The van der Waals surface area contributed by atoms with E-state index in [4.69, 9.17) is 33.5 Å². The van der Waals surface area contributed by atoms with Gasteiger partial charge in [0.25, 0.3) is 17.7 Å². The van der Waals surface area contributed by atoms with E-state index in [0.717, 1.165) is 18.5 Å². The van der Waals surface area contributed by atoms with Crippen LogP contribution in [-0.2, 0) is 34.1 Å². The van der Waals surface area contributed by atoms with E-state index in [1.165, 1.54) is 30.3 Å². The number of phenolic OH excluding ortho intramolecular Hbond substituents is 2. The Morgan fingerprint density at radius 3 is 1.82 bits per heavy atom. The fourth-order valence-electron chi connectivity index (χ4n) is 10.8. The second kappa shape index (κ2) is 40.3. The summed E-state index contributed by atoms with van der Waals surface area (Å²) in [6, 6.07) is 33.6. The van der Waals surface area contributed by atoms with E-state index >= 15 is 0 Å². The molecule has 2 aliphatic rings. The van der Waals surface area contributed by atoms with Crippen LogP contribution in [0.4, 0.5) is 26.7 Å². The molecule has 7 amide bonds. The van der Waals surface area contributed by atoms with Crippen LogP contribution in [0.5, 0.6) is 28.7 Å². The number of carbonyl (C=O) groups is 8. The predicted octanol–water partition coefficient (Wildman–Crippen LogP) is 6.03. The van der Waals surface area contributed by atoms with Crippen molar-refractivity contribution in [2.45, 2.75) is 82.3 Å². The van der Waals surface area contributed by atoms with E-state index in [0.29, 0.717) is 109 Å². The smallest absolute Gasteiger partial charge is 0.508 e. The van der Waals surface area contributed by atoms with Gasteiger partial charge in [0.05, 0.1) is 30.2 Å². The van der Waals surface area contributed by atoms with Crippen molar-refractivity contribution in [2.75, 3.05) is 97.9 Å². The van der Waals surface area contributed by atoms with Gasteiger partial charge in [-0.25, -0.2) is 14.4 Å². The van der Waals surface area contributed by atoms with Crippen molar-refractivity contribution in [3.63, 3.8) is 0 Å². The van der Waals surface area contributed by atoms with E-state index in [-0.39, 0.29) is 160 Å². The third kappa shape index (κ3) is 23.8. The van der Waals surface area contributed by atoms with Crippen LogP contribution in [0.15, 0.2) is 150 Å². The van der Waals surface area contributed by atoms with Crippen LogP contribution < -0.4 is 81.1 Å². The number of unbranched alkanes of at least 4 members (excludes halogenated alkanes) is 6. The molecule has 28 heteroatoms. The fraction of sp³-hybridized carbons (Fsp3) is 0.370. The number of esters is 1. The van der Waals surface area contributed by atoms with E-state index in [2.05, 4.69) is 54.0 Å². The van der Waals surface area contributed by atoms with Gasteiger partial charge in [-0.05, 0) is 154 Å². The molecule has 0 bridgehead atoms. The number of hydrogen-bond donors (Lipinski definition) is 10. The molecule has 1 atom stereocenters. The van der Waals surface area contributed by atoms with Crippen LogP contribution >= 0.6 is 0 Å². The number of hydrogen-bond acceptors (Lipinski definition) is 20. The zero-order valence-electron chi connectivity index (χ0n) is 57.1. The number of nitrogens with zero attached hydrogens (tertiary/aromatic N) is 3. The number of phenols is 2. The maximum Gasteiger partial charge on any atom is 1.00 e. The van der Waals surface area contributed by atoms with Crippen molar-refractivity contribution in [1.29, 1.82) is 0 Å². The van der Waals surface area contributed by atoms with E-state index in [1.807, 2.05) is 43.3 Å². The maximum absolute atomic E-state index is 13.5. The number of alkyl carbamates (subject to hydrolysis) is 2. The Morgan fingerprint density at radius 1 is 0.574 bits per heavy atom. The normalized spacial score (nSPS) is 12.4. The minimum absolute atomic E-state index is 0. The third-order valence-electron chi connectivity index (χ3n) is 16.1. The van der Waals surface area contributed by atoms with Gasteiger partial charge in [-0.1, -0.05) is 38.0 Å². The molecule has 0 aliphatic carbocycles. The molecular formula is C73H86N10NaO17+. The van der Waals surface area contributed by atoms with Crippen molar-refractivity contribution in [3.05, 3.63) is 178 Å². The van der Waals surface area contributed by atoms with Gasteiger partial charge in [-0.2, -0.15) is 10.2 Å². The maximum atomic E-state index is 13.5. The number of nitrogens with one attached hydrogen (secondary N) is 7. The standard InChI is InChI=1S/C73H86N10O17.Na/c1-48(46-79-65(87)17-7-6-10-32-74-68(90)51-20-29-59-58(43-51)70(92)100-73(59)60-30-27-55(85)44-63(60)99-64-45-56(86)28-31-61(64)73)47-98-71(93)78-34-11-8-16-62(69(91)75-33-9-4-5-12-37-84)80-72(94)97-41-39-95-38-40-96-57-15-13-14-50(42-57)67(89)77-36-35-76-66(88)49-18-21-52(22-19-49)81-82-53-23-25-54(26-24-53)83(2)3;/h13-15,18-31,42-45,62,84-86H,1,4-12,16-17,32-41,46-47H2,2-3H3,(H,74,90)(H,75,91)(H,76,88)(H,77,89)(H,78,93)(H,79,87)(H,80,94);/q;+1. The number of aliphatic hydroxyl groups is 1. The number of fused-ring (bicyclic) bond motifs is 6. The molecule has 101 heavy (non-hydrogen) atoms. The van der Waals surface area contributed by atoms with E-state index in [1.54, 1.807) is 72.8 Å². The third-order valence-corrected chi connectivity index (χ3v) is 16.1. The van der Waals surface area contributed by atoms with Gasteiger partial charge in [0.2, 0.25) is 11.8 Å². The monoisotopic (exact) mass is 1400 g/mol. The van der Waals surface area contributed by atoms with Crippen LogP contribution in [0.2, 0.25) is 0 Å². The summed E-state index contributed by atoms with van der Waals surface area (Å²) in [4.78, 5) is 106. The van der Waals surface area contributed by atoms with Gasteiger partial charge in [-0.3, -0.25) is 24.0 Å². The van der Waals surface area contributed by atoms with Crippen LogP contribution in [-0.4, -0.2) is 162 Å². The number of amides is 7. The summed E-state index contributed by atoms with van der Waals surface area (Å²) in [5.74, 6) is -1.58. The molecule has 8 rings (SSSR count). The second-order valence-corrected chi connectivity index (χ2v) is 23.8. The number of carbonyl (C=O) groups excluding carboxylic acids is 8. The molecule has 2 heterocycles. The molecule has 0 aromatic heterocycles. The first-order valence-corrected chi connectivity index (χ1v) is 33.2. The molecule has 0 saturated heterocycles. The van der Waals surface area contributed by atoms with Crippen molar-refractivity contribution >= 4 is 64.8 Å². The van der Waals surface area contributed by atoms with E-state index in [9.17, 15) is 48.6 Å². The Morgan fingerprint density at radius 2 is 1.15 bits per heavy atom. The molecule has 530 valence electrons. The molecule has 0 radical (unpaired) electrons. The number of ether oxygens (including phenoxy) is 6. The fourth-order valence-corrected chi connectivity index (χ4v) is 10.8. The van der Waals surface area contributed by atoms with Gasteiger partial charge < -0.3 is 85.9 Å². The molecule has 1 spiro atoms. The summed E-state index contributed by atoms with van der Waals surface area (Å²) in [6.07, 6.45) is 4.50. The Balaban J connectivity index is 0.0000143. The number of azo groups is 1. The first kappa shape index (κ1) is 78.3. The molecule has 2 aliphatic heterocycles. The number of aromatic hydroxyl groups is 2. The Labute approximate surface area is 607 Å². The molecular weight excluding hydrogens is 1310 g/mol. The molecule has 0 saturated carbocycles. The average molecular weight is 1400 g/mol. The number of benzene rings is 6. The van der Waals surface area contributed by atoms with Gasteiger partial charge in [0.1, 0.15) is 54.6 Å². The molecule has 10 N–H and O–H groups in total. The van der Waals surface area contributed by atoms with Gasteiger partial charge in [0.15, 0.2) is 5.60 Å². The van der Waals surface area contributed by atoms with Crippen LogP contribution in [0, 0.1) is 0 Å². The van der Waals surface area contributed by atoms with Gasteiger partial charge >= 0.3 is 47.7 Å². The zero-order valence-corrected chi connectivity index (χ0v) is 59.1. The molecule has 6 aromatic carbocycles. The number of aliphatic hydroxyl groups excluding tert-OH is 1. The number of anilines is 1. The van der Waals surface area contributed by atoms with Gasteiger partial charge in [-0.15, -0.1) is 0 Å². The average Bonchev–Trinajstić information content (AvgIpc) is 1.60. The van der Waals surface area contributed by atoms with Crippen molar-refractivity contribution in [1.82, 2.24) is 37.2 Å². The van der Waals surface area contributed by atoms with Crippen molar-refractivity contribution in [3.8, 4) is 28.7 Å². The predicted molar refractivity (Wildman–Crippen MR) is 370 cm³/mol. The SMILES string of the molecule is C=C(CNC(=O)CCCCCNC(=O)c1ccc2c(c1)C(=O)OC21c2ccc(O)cc2Oc2cc(O)ccc21)COC(=O)NCCCCC(NC(=O)OCCOCCOc1cccc(C(=O)NCCNC(=O)c2ccc(N=Nc3ccc(N(C)C)cc3)cc2)c1)C(=O)NCCCCCCO.[Na+]. The van der Waals surface area contributed by atoms with Gasteiger partial charge in [0, 0.05) is 118 Å². The molecule has 0 fully saturated rings. The topological polar surface area (TPSA) is 365 Å². The first-order valence-electron chi connectivity index (χ1n) is 33.2. The van der Waals surface area contributed by atoms with E-state index < -0.39 is 41.6 Å². The van der Waals surface area contributed by atoms with Crippen molar-refractivity contribution < 1.29 is 112 Å². The second-order valence-electron chi connectivity index (χ2n) is 23.8. The van der Waals surface area contributed by atoms with Crippen LogP contribution in [0.1, 0.15) is 129 Å². The summed E-state index contributed by atoms with van der Waals surface area (Å²) in [6.45, 7) is 5.34. The Hall–Kier alpha value is -10.1. The first-order chi connectivity index (χ1) is 48.4. The minimum Gasteiger partial charge on any atom is -0.508 e. The van der Waals surface area contributed by atoms with Crippen molar-refractivity contribution in [2.24, 2.45) is 10.2 Å². The van der Waals surface area contributed by atoms with Crippen LogP contribution in [0.25, 0.3) is 0 Å². The summed E-state index contributed by atoms with van der Waals surface area (Å²) in [5, 5.41) is 57.3. The largest absolute Gasteiger partial charge is 1.00 e. The summed E-state index contributed by atoms with van der Waals surface area (Å²) < 4.78 is 34.0. The summed E-state index contributed by atoms with van der Waals surface area (Å²) >= 11 is 0. The Kier molecular flexibility index (Phi) is 31.2. The molecule has 6 aromatic rings.